The zero-order chi connectivity index (χ0) is 23.4. The van der Waals surface area contributed by atoms with Gasteiger partial charge >= 0.3 is 0 Å². The molecule has 0 spiro atoms. The minimum atomic E-state index is -1.38. The Bertz CT molecular complexity index is 1030. The van der Waals surface area contributed by atoms with Crippen LogP contribution in [0.25, 0.3) is 0 Å². The fraction of sp³-hybridized carbons (Fsp3) is 0.357. The molecule has 5 unspecified atom stereocenters. The van der Waals surface area contributed by atoms with Crippen molar-refractivity contribution in [3.63, 3.8) is 0 Å². The van der Waals surface area contributed by atoms with Gasteiger partial charge in [-0.3, -0.25) is 0 Å². The lowest BCUT2D eigenvalue weighted by Crippen LogP contribution is -2.69. The Kier molecular flexibility index (Phi) is 7.06. The summed E-state index contributed by atoms with van der Waals surface area (Å²) in [6.07, 6.45) is -3.29. The molecule has 2 aliphatic rings. The molecule has 0 amide bonds. The van der Waals surface area contributed by atoms with Gasteiger partial charge in [0.1, 0.15) is 23.9 Å². The standard InChI is InChI=1S/C28H30O6/c1-28(29)24-23(19-32-26(34-24)22-15-9-4-10-16-22)33-27(31-18-21-13-7-3-8-14-21)25(28)30-17-20-11-5-2-6-12-20/h2-16,23-27,29H,17-19H2,1H3/t23?,24?,25?,26?,27-,28?/m1/s1. The van der Waals surface area contributed by atoms with E-state index in [2.05, 4.69) is 0 Å². The molecule has 5 rings (SSSR count). The fourth-order valence-corrected chi connectivity index (χ4v) is 4.51. The number of hydrogen-bond donors (Lipinski definition) is 1. The van der Waals surface area contributed by atoms with Crippen LogP contribution in [0.15, 0.2) is 91.0 Å². The van der Waals surface area contributed by atoms with E-state index in [1.165, 1.54) is 0 Å². The Balaban J connectivity index is 1.36. The van der Waals surface area contributed by atoms with Gasteiger partial charge in [-0.2, -0.15) is 0 Å². The summed E-state index contributed by atoms with van der Waals surface area (Å²) < 4.78 is 30.9. The van der Waals surface area contributed by atoms with Crippen molar-refractivity contribution < 1.29 is 28.8 Å². The van der Waals surface area contributed by atoms with Crippen LogP contribution >= 0.6 is 0 Å². The lowest BCUT2D eigenvalue weighted by atomic mass is 9.85. The number of hydrogen-bond acceptors (Lipinski definition) is 6. The third-order valence-electron chi connectivity index (χ3n) is 6.33. The summed E-state index contributed by atoms with van der Waals surface area (Å²) in [6.45, 7) is 2.65. The Hall–Kier alpha value is -2.58. The van der Waals surface area contributed by atoms with Crippen LogP contribution < -0.4 is 0 Å². The first kappa shape index (κ1) is 23.2. The summed E-state index contributed by atoms with van der Waals surface area (Å²) in [5.74, 6) is 0. The van der Waals surface area contributed by atoms with Crippen LogP contribution in [0.5, 0.6) is 0 Å². The van der Waals surface area contributed by atoms with E-state index in [9.17, 15) is 5.11 Å². The molecule has 2 saturated heterocycles. The highest BCUT2D eigenvalue weighted by molar-refractivity contribution is 5.18. The van der Waals surface area contributed by atoms with E-state index in [-0.39, 0.29) is 6.61 Å². The molecular formula is C28H30O6. The van der Waals surface area contributed by atoms with Gasteiger partial charge < -0.3 is 28.8 Å². The molecule has 6 heteroatoms. The molecule has 6 nitrogen and oxygen atoms in total. The second kappa shape index (κ2) is 10.4. The molecule has 2 heterocycles. The topological polar surface area (TPSA) is 66.4 Å². The molecule has 0 aliphatic carbocycles. The summed E-state index contributed by atoms with van der Waals surface area (Å²) in [7, 11) is 0. The van der Waals surface area contributed by atoms with Gasteiger partial charge in [0.2, 0.25) is 0 Å². The number of ether oxygens (including phenoxy) is 5. The molecular weight excluding hydrogens is 432 g/mol. The molecule has 0 aromatic heterocycles. The quantitative estimate of drug-likeness (QED) is 0.562. The van der Waals surface area contributed by atoms with Crippen LogP contribution in [0.2, 0.25) is 0 Å². The van der Waals surface area contributed by atoms with Gasteiger partial charge in [0.05, 0.1) is 19.8 Å². The Morgan fingerprint density at radius 1 is 0.794 bits per heavy atom. The van der Waals surface area contributed by atoms with Crippen LogP contribution in [-0.4, -0.2) is 41.9 Å². The minimum absolute atomic E-state index is 0.275. The number of aliphatic hydroxyl groups is 1. The summed E-state index contributed by atoms with van der Waals surface area (Å²) in [6, 6.07) is 29.4. The maximum Gasteiger partial charge on any atom is 0.187 e. The van der Waals surface area contributed by atoms with Crippen molar-refractivity contribution in [2.24, 2.45) is 0 Å². The normalized spacial score (nSPS) is 31.1. The van der Waals surface area contributed by atoms with Gasteiger partial charge in [-0.1, -0.05) is 91.0 Å². The highest BCUT2D eigenvalue weighted by Gasteiger charge is 2.57. The van der Waals surface area contributed by atoms with Gasteiger partial charge in [0, 0.05) is 5.56 Å². The molecule has 2 aliphatic heterocycles. The van der Waals surface area contributed by atoms with Crippen LogP contribution in [0, 0.1) is 0 Å². The minimum Gasteiger partial charge on any atom is -0.384 e. The van der Waals surface area contributed by atoms with Crippen molar-refractivity contribution in [1.82, 2.24) is 0 Å². The van der Waals surface area contributed by atoms with Crippen molar-refractivity contribution >= 4 is 0 Å². The lowest BCUT2D eigenvalue weighted by molar-refractivity contribution is -0.390. The predicted molar refractivity (Wildman–Crippen MR) is 126 cm³/mol. The number of benzene rings is 3. The van der Waals surface area contributed by atoms with E-state index in [1.807, 2.05) is 91.0 Å². The molecule has 0 bridgehead atoms. The maximum atomic E-state index is 11.8. The highest BCUT2D eigenvalue weighted by atomic mass is 16.8. The maximum absolute atomic E-state index is 11.8. The van der Waals surface area contributed by atoms with E-state index in [1.54, 1.807) is 6.92 Å². The monoisotopic (exact) mass is 462 g/mol. The Morgan fingerprint density at radius 3 is 1.97 bits per heavy atom. The average molecular weight is 463 g/mol. The highest BCUT2D eigenvalue weighted by Crippen LogP contribution is 2.41. The third-order valence-corrected chi connectivity index (χ3v) is 6.33. The molecule has 34 heavy (non-hydrogen) atoms. The average Bonchev–Trinajstić information content (AvgIpc) is 2.88. The summed E-state index contributed by atoms with van der Waals surface area (Å²) >= 11 is 0. The summed E-state index contributed by atoms with van der Waals surface area (Å²) in [5.41, 5.74) is 1.52. The van der Waals surface area contributed by atoms with Crippen LogP contribution in [0.3, 0.4) is 0 Å². The van der Waals surface area contributed by atoms with Gasteiger partial charge in [0.15, 0.2) is 12.6 Å². The molecule has 3 aromatic carbocycles. The smallest absolute Gasteiger partial charge is 0.187 e. The van der Waals surface area contributed by atoms with Crippen molar-refractivity contribution in [2.45, 2.75) is 56.6 Å². The zero-order valence-corrected chi connectivity index (χ0v) is 19.2. The summed E-state index contributed by atoms with van der Waals surface area (Å²) in [5, 5.41) is 11.8. The Labute approximate surface area is 200 Å². The van der Waals surface area contributed by atoms with Gasteiger partial charge in [-0.25, -0.2) is 0 Å². The molecule has 1 N–H and O–H groups in total. The van der Waals surface area contributed by atoms with Gasteiger partial charge in [0.25, 0.3) is 0 Å². The van der Waals surface area contributed by atoms with Crippen LogP contribution in [0.4, 0.5) is 0 Å². The van der Waals surface area contributed by atoms with E-state index in [0.717, 1.165) is 16.7 Å². The van der Waals surface area contributed by atoms with Crippen molar-refractivity contribution in [3.05, 3.63) is 108 Å². The summed E-state index contributed by atoms with van der Waals surface area (Å²) in [4.78, 5) is 0. The lowest BCUT2D eigenvalue weighted by Gasteiger charge is -2.52. The van der Waals surface area contributed by atoms with E-state index in [0.29, 0.717) is 13.2 Å². The largest absolute Gasteiger partial charge is 0.384 e. The Morgan fingerprint density at radius 2 is 1.35 bits per heavy atom. The molecule has 178 valence electrons. The van der Waals surface area contributed by atoms with Crippen molar-refractivity contribution in [2.75, 3.05) is 6.61 Å². The molecule has 0 radical (unpaired) electrons. The number of rotatable bonds is 7. The van der Waals surface area contributed by atoms with Crippen LogP contribution in [-0.2, 0) is 36.9 Å². The first-order valence-electron chi connectivity index (χ1n) is 11.6. The van der Waals surface area contributed by atoms with Crippen molar-refractivity contribution in [1.29, 1.82) is 0 Å². The third kappa shape index (κ3) is 5.08. The molecule has 0 saturated carbocycles. The predicted octanol–water partition coefficient (Wildman–Crippen LogP) is 4.38. The van der Waals surface area contributed by atoms with Crippen LogP contribution in [0.1, 0.15) is 29.9 Å². The SMILES string of the molecule is CC1(O)C2OC(c3ccccc3)OCC2O[C@@H](OCc2ccccc2)C1OCc1ccccc1. The second-order valence-corrected chi connectivity index (χ2v) is 8.92. The molecule has 6 atom stereocenters. The first-order chi connectivity index (χ1) is 16.6. The van der Waals surface area contributed by atoms with Gasteiger partial charge in [-0.05, 0) is 18.1 Å². The van der Waals surface area contributed by atoms with E-state index < -0.39 is 36.5 Å². The molecule has 2 fully saturated rings. The van der Waals surface area contributed by atoms with E-state index >= 15 is 0 Å². The molecule has 3 aromatic rings. The van der Waals surface area contributed by atoms with Gasteiger partial charge in [-0.15, -0.1) is 0 Å². The first-order valence-corrected chi connectivity index (χ1v) is 11.6. The fourth-order valence-electron chi connectivity index (χ4n) is 4.51. The second-order valence-electron chi connectivity index (χ2n) is 8.92. The van der Waals surface area contributed by atoms with E-state index in [4.69, 9.17) is 23.7 Å². The zero-order valence-electron chi connectivity index (χ0n) is 19.2. The van der Waals surface area contributed by atoms with Crippen molar-refractivity contribution in [3.8, 4) is 0 Å². The number of fused-ring (bicyclic) bond motifs is 1.